The second-order valence-electron chi connectivity index (χ2n) is 7.82. The van der Waals surface area contributed by atoms with E-state index in [1.165, 1.54) is 36.4 Å². The van der Waals surface area contributed by atoms with Crippen LogP contribution in [0.25, 0.3) is 22.2 Å². The largest absolute Gasteiger partial charge is 0.438 e. The molecule has 1 amide bonds. The summed E-state index contributed by atoms with van der Waals surface area (Å²) in [7, 11) is 0. The van der Waals surface area contributed by atoms with Crippen LogP contribution in [0.2, 0.25) is 0 Å². The zero-order valence-corrected chi connectivity index (χ0v) is 17.2. The summed E-state index contributed by atoms with van der Waals surface area (Å²) in [6, 6.07) is 13.5. The molecule has 166 valence electrons. The number of benzene rings is 3. The molecule has 7 nitrogen and oxygen atoms in total. The summed E-state index contributed by atoms with van der Waals surface area (Å²) in [4.78, 5) is 29.6. The fourth-order valence-electron chi connectivity index (χ4n) is 4.14. The van der Waals surface area contributed by atoms with E-state index in [4.69, 9.17) is 4.42 Å². The number of amides is 1. The summed E-state index contributed by atoms with van der Waals surface area (Å²) < 4.78 is 33.3. The molecule has 1 aromatic heterocycles. The maximum absolute atomic E-state index is 14.2. The molecule has 0 unspecified atom stereocenters. The van der Waals surface area contributed by atoms with Crippen LogP contribution in [0.5, 0.6) is 0 Å². The van der Waals surface area contributed by atoms with Crippen LogP contribution in [0.1, 0.15) is 35.1 Å². The summed E-state index contributed by atoms with van der Waals surface area (Å²) in [6.45, 7) is 0.505. The third-order valence-electron chi connectivity index (χ3n) is 5.77. The first-order valence-electron chi connectivity index (χ1n) is 10.3. The summed E-state index contributed by atoms with van der Waals surface area (Å²) in [6.07, 6.45) is 1.42. The maximum atomic E-state index is 14.2. The number of likely N-dealkylation sites (tertiary alicyclic amines) is 1. The highest BCUT2D eigenvalue weighted by Crippen LogP contribution is 2.35. The van der Waals surface area contributed by atoms with Crippen molar-refractivity contribution in [3.8, 4) is 11.1 Å². The summed E-state index contributed by atoms with van der Waals surface area (Å²) in [5.41, 5.74) is 2.03. The Morgan fingerprint density at radius 1 is 1.09 bits per heavy atom. The van der Waals surface area contributed by atoms with Crippen molar-refractivity contribution in [3.05, 3.63) is 93.9 Å². The van der Waals surface area contributed by atoms with Crippen molar-refractivity contribution in [2.24, 2.45) is 0 Å². The number of oxazole rings is 1. The zero-order valence-electron chi connectivity index (χ0n) is 17.2. The summed E-state index contributed by atoms with van der Waals surface area (Å²) in [5.74, 6) is -1.22. The normalized spacial score (nSPS) is 15.8. The SMILES string of the molecule is O=C(c1ccc([N+](=O)[O-])cc1)N1CCC[C@@H]1c1nc2cc(-c3ccc(F)cc3F)ccc2o1. The molecule has 0 bridgehead atoms. The molecule has 0 N–H and O–H groups in total. The van der Waals surface area contributed by atoms with Crippen LogP contribution in [-0.2, 0) is 0 Å². The second-order valence-corrected chi connectivity index (χ2v) is 7.82. The predicted molar refractivity (Wildman–Crippen MR) is 115 cm³/mol. The highest BCUT2D eigenvalue weighted by molar-refractivity contribution is 5.95. The number of nitrogens with zero attached hydrogens (tertiary/aromatic N) is 3. The van der Waals surface area contributed by atoms with Gasteiger partial charge in [0.25, 0.3) is 11.6 Å². The number of nitro benzene ring substituents is 1. The Balaban J connectivity index is 1.44. The average Bonchev–Trinajstić information content (AvgIpc) is 3.45. The molecule has 1 aliphatic heterocycles. The average molecular weight is 449 g/mol. The molecule has 0 radical (unpaired) electrons. The number of hydrogen-bond acceptors (Lipinski definition) is 5. The number of rotatable bonds is 4. The molecular formula is C24H17F2N3O4. The third-order valence-corrected chi connectivity index (χ3v) is 5.77. The van der Waals surface area contributed by atoms with Gasteiger partial charge < -0.3 is 9.32 Å². The molecule has 4 aromatic rings. The number of carbonyl (C=O) groups is 1. The van der Waals surface area contributed by atoms with Gasteiger partial charge in [0.05, 0.1) is 4.92 Å². The number of hydrogen-bond donors (Lipinski definition) is 0. The van der Waals surface area contributed by atoms with E-state index in [1.807, 2.05) is 0 Å². The number of aromatic nitrogens is 1. The molecule has 0 saturated carbocycles. The molecule has 2 heterocycles. The van der Waals surface area contributed by atoms with Crippen LogP contribution in [0.3, 0.4) is 0 Å². The Morgan fingerprint density at radius 3 is 2.61 bits per heavy atom. The first-order valence-corrected chi connectivity index (χ1v) is 10.3. The lowest BCUT2D eigenvalue weighted by Crippen LogP contribution is -2.30. The minimum absolute atomic E-state index is 0.0862. The van der Waals surface area contributed by atoms with Gasteiger partial charge in [-0.05, 0) is 54.8 Å². The van der Waals surface area contributed by atoms with Crippen LogP contribution in [0.15, 0.2) is 65.1 Å². The van der Waals surface area contributed by atoms with Gasteiger partial charge in [-0.25, -0.2) is 13.8 Å². The number of halogens is 2. The fraction of sp³-hybridized carbons (Fsp3) is 0.167. The molecule has 9 heteroatoms. The standard InChI is InChI=1S/C24H17F2N3O4/c25-16-6-9-18(19(26)13-16)15-5-10-22-20(12-15)27-23(33-22)21-2-1-11-28(21)24(30)14-3-7-17(8-4-14)29(31)32/h3-10,12-13,21H,1-2,11H2/t21-/m1/s1. The van der Waals surface area contributed by atoms with Crippen LogP contribution >= 0.6 is 0 Å². The first kappa shape index (κ1) is 20.7. The number of nitro groups is 1. The van der Waals surface area contributed by atoms with Crippen molar-refractivity contribution >= 4 is 22.7 Å². The van der Waals surface area contributed by atoms with E-state index in [1.54, 1.807) is 23.1 Å². The Morgan fingerprint density at radius 2 is 1.88 bits per heavy atom. The zero-order chi connectivity index (χ0) is 23.1. The van der Waals surface area contributed by atoms with Crippen molar-refractivity contribution in [1.29, 1.82) is 0 Å². The van der Waals surface area contributed by atoms with Gasteiger partial charge >= 0.3 is 0 Å². The topological polar surface area (TPSA) is 89.5 Å². The Labute approximate surface area is 186 Å². The van der Waals surface area contributed by atoms with Gasteiger partial charge in [-0.1, -0.05) is 6.07 Å². The van der Waals surface area contributed by atoms with Crippen molar-refractivity contribution in [3.63, 3.8) is 0 Å². The molecule has 1 fully saturated rings. The van der Waals surface area contributed by atoms with Crippen molar-refractivity contribution in [2.75, 3.05) is 6.54 Å². The first-order chi connectivity index (χ1) is 15.9. The van der Waals surface area contributed by atoms with Crippen molar-refractivity contribution in [2.45, 2.75) is 18.9 Å². The van der Waals surface area contributed by atoms with Crippen LogP contribution < -0.4 is 0 Å². The van der Waals surface area contributed by atoms with E-state index < -0.39 is 16.6 Å². The molecule has 0 spiro atoms. The minimum atomic E-state index is -0.672. The van der Waals surface area contributed by atoms with E-state index >= 15 is 0 Å². The van der Waals surface area contributed by atoms with E-state index in [2.05, 4.69) is 4.98 Å². The molecule has 1 atom stereocenters. The van der Waals surface area contributed by atoms with Gasteiger partial charge in [0.2, 0.25) is 5.89 Å². The molecule has 5 rings (SSSR count). The van der Waals surface area contributed by atoms with Crippen molar-refractivity contribution in [1.82, 2.24) is 9.88 Å². The molecule has 1 aliphatic rings. The van der Waals surface area contributed by atoms with Gasteiger partial charge in [-0.3, -0.25) is 14.9 Å². The van der Waals surface area contributed by atoms with Crippen LogP contribution in [0, 0.1) is 21.7 Å². The Kier molecular flexibility index (Phi) is 5.08. The van der Waals surface area contributed by atoms with E-state index in [0.29, 0.717) is 41.1 Å². The lowest BCUT2D eigenvalue weighted by Gasteiger charge is -2.22. The number of non-ortho nitro benzene ring substituents is 1. The van der Waals surface area contributed by atoms with Crippen LogP contribution in [-0.4, -0.2) is 27.3 Å². The number of fused-ring (bicyclic) bond motifs is 1. The quantitative estimate of drug-likeness (QED) is 0.296. The van der Waals surface area contributed by atoms with Gasteiger partial charge in [-0.2, -0.15) is 0 Å². The van der Waals surface area contributed by atoms with Gasteiger partial charge in [0.1, 0.15) is 23.2 Å². The van der Waals surface area contributed by atoms with Gasteiger partial charge in [0.15, 0.2) is 5.58 Å². The summed E-state index contributed by atoms with van der Waals surface area (Å²) >= 11 is 0. The third kappa shape index (κ3) is 3.82. The Bertz CT molecular complexity index is 1380. The van der Waals surface area contributed by atoms with Gasteiger partial charge in [-0.15, -0.1) is 0 Å². The fourth-order valence-corrected chi connectivity index (χ4v) is 4.14. The lowest BCUT2D eigenvalue weighted by atomic mass is 10.0. The maximum Gasteiger partial charge on any atom is 0.269 e. The second kappa shape index (κ2) is 8.09. The molecule has 0 aliphatic carbocycles. The molecule has 33 heavy (non-hydrogen) atoms. The smallest absolute Gasteiger partial charge is 0.269 e. The lowest BCUT2D eigenvalue weighted by molar-refractivity contribution is -0.384. The highest BCUT2D eigenvalue weighted by atomic mass is 19.1. The van der Waals surface area contributed by atoms with Crippen molar-refractivity contribution < 1.29 is 22.9 Å². The highest BCUT2D eigenvalue weighted by Gasteiger charge is 2.34. The minimum Gasteiger partial charge on any atom is -0.438 e. The van der Waals surface area contributed by atoms with E-state index in [9.17, 15) is 23.7 Å². The van der Waals surface area contributed by atoms with E-state index in [-0.39, 0.29) is 23.2 Å². The molecule has 3 aromatic carbocycles. The Hall–Kier alpha value is -4.14. The summed E-state index contributed by atoms with van der Waals surface area (Å²) in [5, 5.41) is 10.9. The number of carbonyl (C=O) groups excluding carboxylic acids is 1. The monoisotopic (exact) mass is 449 g/mol. The molecular weight excluding hydrogens is 432 g/mol. The van der Waals surface area contributed by atoms with E-state index in [0.717, 1.165) is 12.5 Å². The van der Waals surface area contributed by atoms with Crippen LogP contribution in [0.4, 0.5) is 14.5 Å². The predicted octanol–water partition coefficient (Wildman–Crippen LogP) is 5.66. The van der Waals surface area contributed by atoms with Gasteiger partial charge in [0, 0.05) is 35.9 Å². The molecule has 1 saturated heterocycles.